The quantitative estimate of drug-likeness (QED) is 0.740. The molecule has 0 bridgehead atoms. The van der Waals surface area contributed by atoms with E-state index in [9.17, 15) is 18.0 Å². The first-order chi connectivity index (χ1) is 8.27. The van der Waals surface area contributed by atoms with E-state index in [-0.39, 0.29) is 12.8 Å². The highest BCUT2D eigenvalue weighted by Crippen LogP contribution is 2.22. The van der Waals surface area contributed by atoms with Crippen molar-refractivity contribution in [3.8, 4) is 0 Å². The van der Waals surface area contributed by atoms with Crippen LogP contribution in [0.2, 0.25) is 0 Å². The van der Waals surface area contributed by atoms with Crippen LogP contribution in [0, 0.1) is 0 Å². The Balaban J connectivity index is 2.79. The van der Waals surface area contributed by atoms with Crippen LogP contribution in [0.5, 0.6) is 0 Å². The summed E-state index contributed by atoms with van der Waals surface area (Å²) in [5, 5.41) is -0.986. The maximum Gasteiger partial charge on any atom is 0.353 e. The van der Waals surface area contributed by atoms with Crippen molar-refractivity contribution >= 4 is 22.0 Å². The van der Waals surface area contributed by atoms with Crippen LogP contribution in [0.3, 0.4) is 0 Å². The average molecular weight is 277 g/mol. The van der Waals surface area contributed by atoms with Gasteiger partial charge in [-0.1, -0.05) is 19.9 Å². The molecule has 102 valence electrons. The van der Waals surface area contributed by atoms with Gasteiger partial charge in [0.05, 0.1) is 5.70 Å². The monoisotopic (exact) mass is 277 g/mol. The Hall–Kier alpha value is -1.41. The SMILES string of the molecule is C=C1CCC(=O)N1OC(=O)C(CCC)S(=O)(=O)O. The summed E-state index contributed by atoms with van der Waals surface area (Å²) in [5.74, 6) is -1.63. The number of nitrogens with zero attached hydrogens (tertiary/aromatic N) is 1. The number of amides is 1. The van der Waals surface area contributed by atoms with Gasteiger partial charge in [0.25, 0.3) is 16.0 Å². The molecule has 1 unspecified atom stereocenters. The van der Waals surface area contributed by atoms with E-state index in [1.165, 1.54) is 0 Å². The average Bonchev–Trinajstić information content (AvgIpc) is 2.55. The number of carbonyl (C=O) groups is 2. The zero-order valence-corrected chi connectivity index (χ0v) is 10.8. The summed E-state index contributed by atoms with van der Waals surface area (Å²) in [7, 11) is -4.55. The molecule has 0 radical (unpaired) electrons. The number of hydrogen-bond acceptors (Lipinski definition) is 5. The molecule has 1 aliphatic rings. The summed E-state index contributed by atoms with van der Waals surface area (Å²) in [5.41, 5.74) is 0.291. The summed E-state index contributed by atoms with van der Waals surface area (Å²) in [6, 6.07) is 0. The van der Waals surface area contributed by atoms with Crippen molar-refractivity contribution in [2.75, 3.05) is 0 Å². The third kappa shape index (κ3) is 3.30. The molecule has 1 amide bonds. The Kier molecular flexibility index (Phi) is 4.47. The molecule has 1 atom stereocenters. The van der Waals surface area contributed by atoms with Gasteiger partial charge < -0.3 is 4.84 Å². The summed E-state index contributed by atoms with van der Waals surface area (Å²) in [6.07, 6.45) is 0.813. The zero-order valence-electron chi connectivity index (χ0n) is 9.96. The van der Waals surface area contributed by atoms with Gasteiger partial charge in [0.1, 0.15) is 0 Å². The van der Waals surface area contributed by atoms with Gasteiger partial charge in [0, 0.05) is 6.42 Å². The minimum absolute atomic E-state index is 0.0772. The van der Waals surface area contributed by atoms with Crippen LogP contribution in [0.25, 0.3) is 0 Å². The van der Waals surface area contributed by atoms with E-state index in [1.807, 2.05) is 0 Å². The Bertz CT molecular complexity index is 453. The van der Waals surface area contributed by atoms with Crippen molar-refractivity contribution in [1.29, 1.82) is 0 Å². The van der Waals surface area contributed by atoms with Gasteiger partial charge in [-0.3, -0.25) is 9.35 Å². The third-order valence-electron chi connectivity index (χ3n) is 2.50. The van der Waals surface area contributed by atoms with E-state index in [2.05, 4.69) is 11.4 Å². The molecular weight excluding hydrogens is 262 g/mol. The number of allylic oxidation sites excluding steroid dienone is 1. The highest BCUT2D eigenvalue weighted by atomic mass is 32.2. The lowest BCUT2D eigenvalue weighted by molar-refractivity contribution is -0.186. The molecule has 8 heteroatoms. The minimum atomic E-state index is -4.55. The zero-order chi connectivity index (χ0) is 13.9. The molecule has 1 fully saturated rings. The second-order valence-electron chi connectivity index (χ2n) is 3.96. The van der Waals surface area contributed by atoms with Gasteiger partial charge in [-0.25, -0.2) is 4.79 Å². The molecule has 0 spiro atoms. The van der Waals surface area contributed by atoms with Gasteiger partial charge in [0.15, 0.2) is 5.25 Å². The van der Waals surface area contributed by atoms with Crippen LogP contribution >= 0.6 is 0 Å². The molecule has 7 nitrogen and oxygen atoms in total. The molecule has 1 aliphatic heterocycles. The van der Waals surface area contributed by atoms with E-state index in [0.29, 0.717) is 23.6 Å². The minimum Gasteiger partial charge on any atom is -0.332 e. The van der Waals surface area contributed by atoms with Crippen molar-refractivity contribution in [1.82, 2.24) is 5.06 Å². The predicted octanol–water partition coefficient (Wildman–Crippen LogP) is 0.637. The van der Waals surface area contributed by atoms with Crippen molar-refractivity contribution < 1.29 is 27.4 Å². The maximum absolute atomic E-state index is 11.6. The fraction of sp³-hybridized carbons (Fsp3) is 0.600. The topological polar surface area (TPSA) is 101 Å². The largest absolute Gasteiger partial charge is 0.353 e. The lowest BCUT2D eigenvalue weighted by atomic mass is 10.2. The summed E-state index contributed by atoms with van der Waals surface area (Å²) < 4.78 is 31.0. The normalized spacial score (nSPS) is 18.0. The van der Waals surface area contributed by atoms with Gasteiger partial charge in [-0.05, 0) is 12.8 Å². The molecule has 1 saturated heterocycles. The highest BCUT2D eigenvalue weighted by molar-refractivity contribution is 7.87. The maximum atomic E-state index is 11.6. The van der Waals surface area contributed by atoms with Crippen LogP contribution < -0.4 is 0 Å². The van der Waals surface area contributed by atoms with Crippen molar-refractivity contribution in [2.45, 2.75) is 37.9 Å². The molecule has 1 N–H and O–H groups in total. The molecule has 18 heavy (non-hydrogen) atoms. The molecule has 0 aromatic heterocycles. The molecule has 1 heterocycles. The predicted molar refractivity (Wildman–Crippen MR) is 61.6 cm³/mol. The smallest absolute Gasteiger partial charge is 0.332 e. The van der Waals surface area contributed by atoms with Crippen molar-refractivity contribution in [3.05, 3.63) is 12.3 Å². The second-order valence-corrected chi connectivity index (χ2v) is 5.56. The third-order valence-corrected chi connectivity index (χ3v) is 3.64. The van der Waals surface area contributed by atoms with Gasteiger partial charge in [-0.15, -0.1) is 5.06 Å². The molecule has 0 aromatic rings. The lowest BCUT2D eigenvalue weighted by Crippen LogP contribution is -2.37. The number of hydroxylamine groups is 2. The van der Waals surface area contributed by atoms with Crippen LogP contribution in [0.4, 0.5) is 0 Å². The summed E-state index contributed by atoms with van der Waals surface area (Å²) in [6.45, 7) is 5.18. The number of rotatable bonds is 5. The van der Waals surface area contributed by atoms with E-state index in [4.69, 9.17) is 4.55 Å². The molecule has 0 aromatic carbocycles. The molecule has 1 rings (SSSR count). The standard InChI is InChI=1S/C10H15NO6S/c1-3-4-8(18(14,15)16)10(13)17-11-7(2)5-6-9(11)12/h8H,2-6H2,1H3,(H,14,15,16). The molecule has 0 aliphatic carbocycles. The first kappa shape index (κ1) is 14.7. The summed E-state index contributed by atoms with van der Waals surface area (Å²) >= 11 is 0. The summed E-state index contributed by atoms with van der Waals surface area (Å²) in [4.78, 5) is 27.6. The Morgan fingerprint density at radius 2 is 2.17 bits per heavy atom. The Morgan fingerprint density at radius 1 is 1.56 bits per heavy atom. The van der Waals surface area contributed by atoms with Gasteiger partial charge in [0.2, 0.25) is 0 Å². The van der Waals surface area contributed by atoms with E-state index in [1.54, 1.807) is 6.92 Å². The Morgan fingerprint density at radius 3 is 2.56 bits per heavy atom. The van der Waals surface area contributed by atoms with E-state index in [0.717, 1.165) is 0 Å². The highest BCUT2D eigenvalue weighted by Gasteiger charge is 2.36. The fourth-order valence-corrected chi connectivity index (χ4v) is 2.37. The van der Waals surface area contributed by atoms with E-state index < -0.39 is 27.2 Å². The first-order valence-electron chi connectivity index (χ1n) is 5.46. The lowest BCUT2D eigenvalue weighted by Gasteiger charge is -2.18. The molecular formula is C10H15NO6S. The van der Waals surface area contributed by atoms with E-state index >= 15 is 0 Å². The number of carbonyl (C=O) groups excluding carboxylic acids is 2. The van der Waals surface area contributed by atoms with Gasteiger partial charge in [-0.2, -0.15) is 8.42 Å². The van der Waals surface area contributed by atoms with Crippen LogP contribution in [0.1, 0.15) is 32.6 Å². The van der Waals surface area contributed by atoms with Crippen LogP contribution in [0.15, 0.2) is 12.3 Å². The van der Waals surface area contributed by atoms with Crippen LogP contribution in [-0.2, 0) is 24.5 Å². The first-order valence-corrected chi connectivity index (χ1v) is 6.96. The Labute approximate surface area is 105 Å². The second kappa shape index (κ2) is 5.49. The van der Waals surface area contributed by atoms with Crippen LogP contribution in [-0.4, -0.2) is 35.2 Å². The van der Waals surface area contributed by atoms with Gasteiger partial charge >= 0.3 is 5.97 Å². The van der Waals surface area contributed by atoms with Crippen molar-refractivity contribution in [2.24, 2.45) is 0 Å². The molecule has 0 saturated carbocycles. The van der Waals surface area contributed by atoms with Crippen molar-refractivity contribution in [3.63, 3.8) is 0 Å². The number of hydrogen-bond donors (Lipinski definition) is 1. The fourth-order valence-electron chi connectivity index (χ4n) is 1.55.